The molecule has 2 unspecified atom stereocenters. The van der Waals surface area contributed by atoms with Crippen molar-refractivity contribution in [1.82, 2.24) is 10.0 Å². The molecule has 0 bridgehead atoms. The summed E-state index contributed by atoms with van der Waals surface area (Å²) < 4.78 is 39.2. The molecule has 0 spiro atoms. The van der Waals surface area contributed by atoms with Crippen molar-refractivity contribution in [1.29, 1.82) is 0 Å². The quantitative estimate of drug-likeness (QED) is 0.824. The van der Waals surface area contributed by atoms with Crippen LogP contribution in [-0.2, 0) is 10.0 Å². The molecule has 0 saturated carbocycles. The standard InChI is InChI=1S/C12H19FN2O2S/c1-9(8-14-3)18(16,17)15-10(2)11-4-6-12(13)7-5-11/h4-7,9-10,14-15H,8H2,1-3H3. The first-order chi connectivity index (χ1) is 8.36. The molecule has 4 nitrogen and oxygen atoms in total. The van der Waals surface area contributed by atoms with Gasteiger partial charge in [-0.05, 0) is 38.6 Å². The van der Waals surface area contributed by atoms with Gasteiger partial charge in [-0.2, -0.15) is 0 Å². The van der Waals surface area contributed by atoms with Gasteiger partial charge in [-0.3, -0.25) is 0 Å². The number of hydrogen-bond acceptors (Lipinski definition) is 3. The maximum atomic E-state index is 12.8. The molecule has 0 amide bonds. The fraction of sp³-hybridized carbons (Fsp3) is 0.500. The maximum Gasteiger partial charge on any atom is 0.216 e. The zero-order valence-corrected chi connectivity index (χ0v) is 11.6. The van der Waals surface area contributed by atoms with Crippen LogP contribution >= 0.6 is 0 Å². The van der Waals surface area contributed by atoms with E-state index in [1.165, 1.54) is 12.1 Å². The molecule has 18 heavy (non-hydrogen) atoms. The predicted molar refractivity (Wildman–Crippen MR) is 70.3 cm³/mol. The zero-order chi connectivity index (χ0) is 13.8. The van der Waals surface area contributed by atoms with Crippen molar-refractivity contribution >= 4 is 10.0 Å². The van der Waals surface area contributed by atoms with Gasteiger partial charge in [0.1, 0.15) is 5.82 Å². The minimum absolute atomic E-state index is 0.336. The molecule has 0 fully saturated rings. The predicted octanol–water partition coefficient (Wildman–Crippen LogP) is 1.41. The van der Waals surface area contributed by atoms with Gasteiger partial charge in [0, 0.05) is 12.6 Å². The summed E-state index contributed by atoms with van der Waals surface area (Å²) in [5, 5.41) is 2.30. The van der Waals surface area contributed by atoms with Crippen molar-refractivity contribution in [3.63, 3.8) is 0 Å². The van der Waals surface area contributed by atoms with E-state index in [0.29, 0.717) is 6.54 Å². The Balaban J connectivity index is 2.75. The third-order valence-electron chi connectivity index (χ3n) is 2.73. The summed E-state index contributed by atoms with van der Waals surface area (Å²) >= 11 is 0. The first-order valence-corrected chi connectivity index (χ1v) is 7.32. The molecule has 2 N–H and O–H groups in total. The molecule has 0 aliphatic heterocycles. The molecular weight excluding hydrogens is 255 g/mol. The highest BCUT2D eigenvalue weighted by atomic mass is 32.2. The molecule has 1 aromatic carbocycles. The molecule has 0 aliphatic rings. The fourth-order valence-corrected chi connectivity index (χ4v) is 2.83. The van der Waals surface area contributed by atoms with Gasteiger partial charge in [0.2, 0.25) is 10.0 Å². The second-order valence-electron chi connectivity index (χ2n) is 4.30. The minimum Gasteiger partial charge on any atom is -0.318 e. The number of sulfonamides is 1. The van der Waals surface area contributed by atoms with E-state index in [2.05, 4.69) is 10.0 Å². The third-order valence-corrected chi connectivity index (χ3v) is 4.64. The number of rotatable bonds is 6. The van der Waals surface area contributed by atoms with Gasteiger partial charge in [-0.15, -0.1) is 0 Å². The highest BCUT2D eigenvalue weighted by molar-refractivity contribution is 7.90. The lowest BCUT2D eigenvalue weighted by Crippen LogP contribution is -2.39. The van der Waals surface area contributed by atoms with Crippen LogP contribution in [0.2, 0.25) is 0 Å². The topological polar surface area (TPSA) is 58.2 Å². The Bertz CT molecular complexity index is 473. The average molecular weight is 274 g/mol. The summed E-state index contributed by atoms with van der Waals surface area (Å²) in [6.45, 7) is 3.75. The smallest absolute Gasteiger partial charge is 0.216 e. The number of nitrogens with one attached hydrogen (secondary N) is 2. The summed E-state index contributed by atoms with van der Waals surface area (Å²) in [5.74, 6) is -0.336. The van der Waals surface area contributed by atoms with Crippen LogP contribution in [0.5, 0.6) is 0 Å². The van der Waals surface area contributed by atoms with Gasteiger partial charge >= 0.3 is 0 Å². The lowest BCUT2D eigenvalue weighted by atomic mass is 10.1. The van der Waals surface area contributed by atoms with Crippen LogP contribution in [0.25, 0.3) is 0 Å². The molecular formula is C12H19FN2O2S. The molecule has 0 heterocycles. The molecule has 102 valence electrons. The Hall–Kier alpha value is -0.980. The molecule has 0 aromatic heterocycles. The first-order valence-electron chi connectivity index (χ1n) is 5.78. The van der Waals surface area contributed by atoms with E-state index in [1.54, 1.807) is 33.0 Å². The monoisotopic (exact) mass is 274 g/mol. The number of hydrogen-bond donors (Lipinski definition) is 2. The van der Waals surface area contributed by atoms with E-state index in [1.807, 2.05) is 0 Å². The third kappa shape index (κ3) is 4.04. The van der Waals surface area contributed by atoms with Crippen LogP contribution in [0.1, 0.15) is 25.5 Å². The lowest BCUT2D eigenvalue weighted by molar-refractivity contribution is 0.549. The van der Waals surface area contributed by atoms with E-state index in [9.17, 15) is 12.8 Å². The highest BCUT2D eigenvalue weighted by Gasteiger charge is 2.22. The molecule has 0 aliphatic carbocycles. The van der Waals surface area contributed by atoms with Gasteiger partial charge in [0.25, 0.3) is 0 Å². The zero-order valence-electron chi connectivity index (χ0n) is 10.8. The first kappa shape index (κ1) is 15.1. The Morgan fingerprint density at radius 2 is 1.78 bits per heavy atom. The van der Waals surface area contributed by atoms with Crippen LogP contribution in [-0.4, -0.2) is 27.3 Å². The van der Waals surface area contributed by atoms with Crippen LogP contribution in [0.3, 0.4) is 0 Å². The van der Waals surface area contributed by atoms with Gasteiger partial charge < -0.3 is 5.32 Å². The molecule has 1 rings (SSSR count). The van der Waals surface area contributed by atoms with Gasteiger partial charge in [0.15, 0.2) is 0 Å². The van der Waals surface area contributed by atoms with Crippen LogP contribution in [0.4, 0.5) is 4.39 Å². The lowest BCUT2D eigenvalue weighted by Gasteiger charge is -2.18. The normalized spacial score (nSPS) is 15.3. The van der Waals surface area contributed by atoms with Gasteiger partial charge in [-0.1, -0.05) is 12.1 Å². The SMILES string of the molecule is CNCC(C)S(=O)(=O)NC(C)c1ccc(F)cc1. The maximum absolute atomic E-state index is 12.8. The Morgan fingerprint density at radius 3 is 2.28 bits per heavy atom. The number of halogens is 1. The summed E-state index contributed by atoms with van der Waals surface area (Å²) in [6.07, 6.45) is 0. The van der Waals surface area contributed by atoms with Crippen molar-refractivity contribution in [2.24, 2.45) is 0 Å². The Labute approximate surface area is 108 Å². The molecule has 1 aromatic rings. The van der Waals surface area contributed by atoms with Gasteiger partial charge in [-0.25, -0.2) is 17.5 Å². The van der Waals surface area contributed by atoms with Crippen LogP contribution < -0.4 is 10.0 Å². The minimum atomic E-state index is -3.39. The van der Waals surface area contributed by atoms with Crippen molar-refractivity contribution < 1.29 is 12.8 Å². The van der Waals surface area contributed by atoms with Crippen molar-refractivity contribution in [3.8, 4) is 0 Å². The Kier molecular flexibility index (Phi) is 5.25. The molecule has 0 radical (unpaired) electrons. The summed E-state index contributed by atoms with van der Waals surface area (Å²) in [5.41, 5.74) is 0.733. The summed E-state index contributed by atoms with van der Waals surface area (Å²) in [6, 6.07) is 5.40. The summed E-state index contributed by atoms with van der Waals surface area (Å²) in [4.78, 5) is 0. The molecule has 0 saturated heterocycles. The largest absolute Gasteiger partial charge is 0.318 e. The van der Waals surface area contributed by atoms with E-state index in [-0.39, 0.29) is 11.9 Å². The van der Waals surface area contributed by atoms with E-state index < -0.39 is 15.3 Å². The van der Waals surface area contributed by atoms with Crippen molar-refractivity contribution in [3.05, 3.63) is 35.6 Å². The van der Waals surface area contributed by atoms with Gasteiger partial charge in [0.05, 0.1) is 5.25 Å². The molecule has 6 heteroatoms. The van der Waals surface area contributed by atoms with E-state index >= 15 is 0 Å². The fourth-order valence-electron chi connectivity index (χ4n) is 1.58. The Morgan fingerprint density at radius 1 is 1.22 bits per heavy atom. The van der Waals surface area contributed by atoms with Crippen molar-refractivity contribution in [2.45, 2.75) is 25.1 Å². The highest BCUT2D eigenvalue weighted by Crippen LogP contribution is 2.15. The number of benzene rings is 1. The molecule has 2 atom stereocenters. The summed E-state index contributed by atoms with van der Waals surface area (Å²) in [7, 11) is -1.68. The van der Waals surface area contributed by atoms with Crippen LogP contribution in [0.15, 0.2) is 24.3 Å². The van der Waals surface area contributed by atoms with Crippen LogP contribution in [0, 0.1) is 5.82 Å². The second-order valence-corrected chi connectivity index (χ2v) is 6.43. The van der Waals surface area contributed by atoms with E-state index in [4.69, 9.17) is 0 Å². The van der Waals surface area contributed by atoms with E-state index in [0.717, 1.165) is 5.56 Å². The van der Waals surface area contributed by atoms with Crippen molar-refractivity contribution in [2.75, 3.05) is 13.6 Å². The second kappa shape index (κ2) is 6.26. The average Bonchev–Trinajstić information content (AvgIpc) is 2.29.